The van der Waals surface area contributed by atoms with Gasteiger partial charge in [-0.05, 0) is 30.2 Å². The van der Waals surface area contributed by atoms with Crippen LogP contribution in [0.2, 0.25) is 5.02 Å². The maximum absolute atomic E-state index is 11.8. The Morgan fingerprint density at radius 2 is 1.79 bits per heavy atom. The fraction of sp³-hybridized carbons (Fsp3) is 0.222. The smallest absolute Gasteiger partial charge is 0.306 e. The number of para-hydroxylation sites is 2. The van der Waals surface area contributed by atoms with Gasteiger partial charge in [-0.25, -0.2) is 0 Å². The van der Waals surface area contributed by atoms with E-state index in [0.717, 1.165) is 11.3 Å². The number of carbonyl (C=O) groups excluding carboxylic acids is 2. The number of rotatable bonds is 7. The van der Waals surface area contributed by atoms with Crippen molar-refractivity contribution in [3.05, 3.63) is 59.1 Å². The minimum atomic E-state index is -0.449. The molecule has 1 amide bonds. The molecule has 0 saturated carbocycles. The number of halogens is 1. The van der Waals surface area contributed by atoms with Crippen molar-refractivity contribution in [3.8, 4) is 5.75 Å². The maximum atomic E-state index is 11.8. The van der Waals surface area contributed by atoms with Crippen molar-refractivity contribution in [1.82, 2.24) is 0 Å². The largest absolute Gasteiger partial charge is 0.496 e. The van der Waals surface area contributed by atoms with Crippen LogP contribution in [0.15, 0.2) is 48.5 Å². The van der Waals surface area contributed by atoms with Gasteiger partial charge in [-0.15, -0.1) is 0 Å². The quantitative estimate of drug-likeness (QED) is 0.779. The molecule has 0 radical (unpaired) electrons. The van der Waals surface area contributed by atoms with Crippen LogP contribution in [0, 0.1) is 0 Å². The Hall–Kier alpha value is -2.53. The molecule has 5 nitrogen and oxygen atoms in total. The van der Waals surface area contributed by atoms with Gasteiger partial charge in [0.25, 0.3) is 5.91 Å². The molecule has 24 heavy (non-hydrogen) atoms. The Bertz CT molecular complexity index is 718. The van der Waals surface area contributed by atoms with Gasteiger partial charge >= 0.3 is 5.97 Å². The lowest BCUT2D eigenvalue weighted by atomic mass is 10.1. The molecule has 0 fully saturated rings. The zero-order valence-electron chi connectivity index (χ0n) is 13.3. The Labute approximate surface area is 145 Å². The average Bonchev–Trinajstić information content (AvgIpc) is 2.60. The molecule has 2 aromatic rings. The number of amides is 1. The summed E-state index contributed by atoms with van der Waals surface area (Å²) < 4.78 is 10.2. The number of hydrogen-bond donors (Lipinski definition) is 1. The molecule has 126 valence electrons. The standard InChI is InChI=1S/C18H18ClNO4/c1-23-16-9-5-2-6-13(16)10-11-18(22)24-12-17(21)20-15-8-4-3-7-14(15)19/h2-9H,10-12H2,1H3,(H,20,21). The summed E-state index contributed by atoms with van der Waals surface area (Å²) in [5, 5.41) is 3.01. The van der Waals surface area contributed by atoms with Crippen LogP contribution in [0.1, 0.15) is 12.0 Å². The molecule has 0 unspecified atom stereocenters. The number of anilines is 1. The molecular formula is C18H18ClNO4. The second-order valence-corrected chi connectivity index (χ2v) is 5.41. The molecule has 0 aromatic heterocycles. The van der Waals surface area contributed by atoms with Gasteiger partial charge in [-0.2, -0.15) is 0 Å². The third-order valence-electron chi connectivity index (χ3n) is 3.30. The van der Waals surface area contributed by atoms with Gasteiger partial charge in [-0.1, -0.05) is 41.9 Å². The number of ether oxygens (including phenoxy) is 2. The van der Waals surface area contributed by atoms with E-state index < -0.39 is 11.9 Å². The molecule has 1 N–H and O–H groups in total. The Balaban J connectivity index is 1.77. The summed E-state index contributed by atoms with van der Waals surface area (Å²) in [6.07, 6.45) is 0.648. The highest BCUT2D eigenvalue weighted by atomic mass is 35.5. The molecular weight excluding hydrogens is 330 g/mol. The lowest BCUT2D eigenvalue weighted by Gasteiger charge is -2.09. The molecule has 0 aliphatic heterocycles. The number of aryl methyl sites for hydroxylation is 1. The fourth-order valence-corrected chi connectivity index (χ4v) is 2.30. The number of nitrogens with one attached hydrogen (secondary N) is 1. The summed E-state index contributed by atoms with van der Waals surface area (Å²) in [5.41, 5.74) is 1.40. The van der Waals surface area contributed by atoms with E-state index in [0.29, 0.717) is 17.1 Å². The van der Waals surface area contributed by atoms with Crippen molar-refractivity contribution >= 4 is 29.2 Å². The lowest BCUT2D eigenvalue weighted by Crippen LogP contribution is -2.21. The van der Waals surface area contributed by atoms with Crippen LogP contribution in [0.5, 0.6) is 5.75 Å². The van der Waals surface area contributed by atoms with E-state index in [1.54, 1.807) is 31.4 Å². The molecule has 6 heteroatoms. The zero-order valence-corrected chi connectivity index (χ0v) is 14.0. The van der Waals surface area contributed by atoms with Gasteiger partial charge in [0.05, 0.1) is 17.8 Å². The summed E-state index contributed by atoms with van der Waals surface area (Å²) >= 11 is 5.94. The highest BCUT2D eigenvalue weighted by Crippen LogP contribution is 2.20. The van der Waals surface area contributed by atoms with Gasteiger partial charge in [0, 0.05) is 6.42 Å². The second kappa shape index (κ2) is 8.93. The number of benzene rings is 2. The van der Waals surface area contributed by atoms with Gasteiger partial charge < -0.3 is 14.8 Å². The van der Waals surface area contributed by atoms with Crippen LogP contribution < -0.4 is 10.1 Å². The van der Waals surface area contributed by atoms with Crippen LogP contribution in [0.4, 0.5) is 5.69 Å². The molecule has 2 rings (SSSR count). The number of hydrogen-bond acceptors (Lipinski definition) is 4. The van der Waals surface area contributed by atoms with E-state index in [9.17, 15) is 9.59 Å². The number of methoxy groups -OCH3 is 1. The topological polar surface area (TPSA) is 64.6 Å². The summed E-state index contributed by atoms with van der Waals surface area (Å²) in [5.74, 6) is -0.161. The molecule has 2 aromatic carbocycles. The Morgan fingerprint density at radius 1 is 1.08 bits per heavy atom. The zero-order chi connectivity index (χ0) is 17.4. The lowest BCUT2D eigenvalue weighted by molar-refractivity contribution is -0.147. The second-order valence-electron chi connectivity index (χ2n) is 5.00. The van der Waals surface area contributed by atoms with E-state index in [2.05, 4.69) is 5.32 Å². The van der Waals surface area contributed by atoms with E-state index >= 15 is 0 Å². The first-order chi connectivity index (χ1) is 11.6. The van der Waals surface area contributed by atoms with Crippen LogP contribution in [0.3, 0.4) is 0 Å². The van der Waals surface area contributed by atoms with Crippen molar-refractivity contribution in [1.29, 1.82) is 0 Å². The molecule has 0 bridgehead atoms. The Morgan fingerprint density at radius 3 is 2.54 bits per heavy atom. The normalized spacial score (nSPS) is 10.1. The monoisotopic (exact) mass is 347 g/mol. The van der Waals surface area contributed by atoms with Gasteiger partial charge in [-0.3, -0.25) is 9.59 Å². The number of carbonyl (C=O) groups is 2. The maximum Gasteiger partial charge on any atom is 0.306 e. The van der Waals surface area contributed by atoms with Gasteiger partial charge in [0.1, 0.15) is 5.75 Å². The molecule has 0 atom stereocenters. The van der Waals surface area contributed by atoms with Crippen LogP contribution in [0.25, 0.3) is 0 Å². The predicted octanol–water partition coefficient (Wildman–Crippen LogP) is 3.46. The molecule has 0 spiro atoms. The van der Waals surface area contributed by atoms with E-state index in [1.165, 1.54) is 0 Å². The van der Waals surface area contributed by atoms with Gasteiger partial charge in [0.15, 0.2) is 6.61 Å². The van der Waals surface area contributed by atoms with Gasteiger partial charge in [0.2, 0.25) is 0 Å². The van der Waals surface area contributed by atoms with Crippen LogP contribution >= 0.6 is 11.6 Å². The number of esters is 1. The minimum absolute atomic E-state index is 0.166. The van der Waals surface area contributed by atoms with E-state index in [4.69, 9.17) is 21.1 Å². The van der Waals surface area contributed by atoms with Crippen LogP contribution in [-0.2, 0) is 20.7 Å². The summed E-state index contributed by atoms with van der Waals surface area (Å²) in [7, 11) is 1.58. The molecule has 0 saturated heterocycles. The third-order valence-corrected chi connectivity index (χ3v) is 3.63. The molecule has 0 aliphatic rings. The van der Waals surface area contributed by atoms with Crippen molar-refractivity contribution < 1.29 is 19.1 Å². The van der Waals surface area contributed by atoms with Crippen molar-refractivity contribution in [2.45, 2.75) is 12.8 Å². The van der Waals surface area contributed by atoms with Crippen LogP contribution in [-0.4, -0.2) is 25.6 Å². The fourth-order valence-electron chi connectivity index (χ4n) is 2.11. The van der Waals surface area contributed by atoms with E-state index in [-0.39, 0.29) is 13.0 Å². The molecule has 0 heterocycles. The van der Waals surface area contributed by atoms with Crippen molar-refractivity contribution in [3.63, 3.8) is 0 Å². The summed E-state index contributed by atoms with van der Waals surface area (Å²) in [4.78, 5) is 23.5. The Kier molecular flexibility index (Phi) is 6.63. The van der Waals surface area contributed by atoms with Crippen molar-refractivity contribution in [2.75, 3.05) is 19.0 Å². The summed E-state index contributed by atoms with van der Waals surface area (Å²) in [6, 6.07) is 14.3. The van der Waals surface area contributed by atoms with E-state index in [1.807, 2.05) is 24.3 Å². The summed E-state index contributed by atoms with van der Waals surface area (Å²) in [6.45, 7) is -0.351. The van der Waals surface area contributed by atoms with Crippen molar-refractivity contribution in [2.24, 2.45) is 0 Å². The average molecular weight is 348 g/mol. The highest BCUT2D eigenvalue weighted by Gasteiger charge is 2.11. The SMILES string of the molecule is COc1ccccc1CCC(=O)OCC(=O)Nc1ccccc1Cl. The minimum Gasteiger partial charge on any atom is -0.496 e. The third kappa shape index (κ3) is 5.28. The first kappa shape index (κ1) is 17.8. The predicted molar refractivity (Wildman–Crippen MR) is 92.4 cm³/mol. The highest BCUT2D eigenvalue weighted by molar-refractivity contribution is 6.33. The first-order valence-electron chi connectivity index (χ1n) is 7.42. The molecule has 0 aliphatic carbocycles. The first-order valence-corrected chi connectivity index (χ1v) is 7.80.